The van der Waals surface area contributed by atoms with Crippen LogP contribution in [0.1, 0.15) is 12.0 Å². The maximum Gasteiger partial charge on any atom is 0.265 e. The summed E-state index contributed by atoms with van der Waals surface area (Å²) in [7, 11) is -0.605. The zero-order valence-corrected chi connectivity index (χ0v) is 15.5. The largest absolute Gasteiger partial charge is 0.495 e. The third-order valence-electron chi connectivity index (χ3n) is 3.60. The van der Waals surface area contributed by atoms with Crippen LogP contribution >= 0.6 is 0 Å². The molecular formula is C18H24N2O4S. The Hall–Kier alpha value is -2.25. The second-order valence-electron chi connectivity index (χ2n) is 5.61. The summed E-state index contributed by atoms with van der Waals surface area (Å²) >= 11 is 0. The van der Waals surface area contributed by atoms with Crippen LogP contribution in [-0.4, -0.2) is 35.8 Å². The fraction of sp³-hybridized carbons (Fsp3) is 0.333. The summed E-state index contributed by atoms with van der Waals surface area (Å²) < 4.78 is 38.0. The average Bonchev–Trinajstić information content (AvgIpc) is 2.60. The van der Waals surface area contributed by atoms with E-state index in [-0.39, 0.29) is 4.90 Å². The van der Waals surface area contributed by atoms with Crippen molar-refractivity contribution in [3.63, 3.8) is 0 Å². The summed E-state index contributed by atoms with van der Waals surface area (Å²) in [4.78, 5) is 0.122. The molecule has 0 heterocycles. The number of anilines is 2. The van der Waals surface area contributed by atoms with E-state index >= 15 is 0 Å². The van der Waals surface area contributed by atoms with Crippen LogP contribution < -0.4 is 14.8 Å². The quantitative estimate of drug-likeness (QED) is 0.668. The highest BCUT2D eigenvalue weighted by Gasteiger charge is 2.19. The maximum atomic E-state index is 12.6. The zero-order valence-electron chi connectivity index (χ0n) is 14.7. The molecule has 0 amide bonds. The monoisotopic (exact) mass is 364 g/mol. The van der Waals surface area contributed by atoms with Crippen molar-refractivity contribution < 1.29 is 17.9 Å². The molecule has 0 aliphatic rings. The van der Waals surface area contributed by atoms with E-state index < -0.39 is 10.0 Å². The van der Waals surface area contributed by atoms with Crippen molar-refractivity contribution in [1.82, 2.24) is 0 Å². The van der Waals surface area contributed by atoms with Gasteiger partial charge in [-0.1, -0.05) is 6.07 Å². The van der Waals surface area contributed by atoms with Gasteiger partial charge in [0.2, 0.25) is 0 Å². The van der Waals surface area contributed by atoms with Gasteiger partial charge in [-0.25, -0.2) is 8.42 Å². The Bertz CT molecular complexity index is 789. The van der Waals surface area contributed by atoms with Crippen LogP contribution in [-0.2, 0) is 14.8 Å². The van der Waals surface area contributed by atoms with Gasteiger partial charge in [-0.05, 0) is 55.3 Å². The van der Waals surface area contributed by atoms with Gasteiger partial charge in [0.15, 0.2) is 0 Å². The number of ether oxygens (including phenoxy) is 2. The molecule has 0 aromatic heterocycles. The molecule has 0 aliphatic carbocycles. The average molecular weight is 364 g/mol. The smallest absolute Gasteiger partial charge is 0.265 e. The van der Waals surface area contributed by atoms with Crippen LogP contribution in [0.3, 0.4) is 0 Å². The number of benzene rings is 2. The molecule has 0 aliphatic heterocycles. The Labute approximate surface area is 149 Å². The fourth-order valence-corrected chi connectivity index (χ4v) is 3.62. The van der Waals surface area contributed by atoms with Gasteiger partial charge in [0.25, 0.3) is 10.0 Å². The SMILES string of the molecule is COCCCNc1ccc(NS(=O)(=O)c2cc(C)ccc2OC)cc1. The Morgan fingerprint density at radius 3 is 2.32 bits per heavy atom. The first kappa shape index (κ1) is 19.1. The van der Waals surface area contributed by atoms with E-state index in [1.807, 2.05) is 25.1 Å². The van der Waals surface area contributed by atoms with Crippen molar-refractivity contribution in [2.24, 2.45) is 0 Å². The van der Waals surface area contributed by atoms with Crippen molar-refractivity contribution >= 4 is 21.4 Å². The van der Waals surface area contributed by atoms with E-state index in [2.05, 4.69) is 10.0 Å². The molecule has 6 nitrogen and oxygen atoms in total. The first-order chi connectivity index (χ1) is 12.0. The highest BCUT2D eigenvalue weighted by Crippen LogP contribution is 2.27. The molecule has 0 unspecified atom stereocenters. The lowest BCUT2D eigenvalue weighted by molar-refractivity contribution is 0.198. The Morgan fingerprint density at radius 1 is 1.00 bits per heavy atom. The highest BCUT2D eigenvalue weighted by molar-refractivity contribution is 7.92. The van der Waals surface area contributed by atoms with E-state index in [0.29, 0.717) is 18.0 Å². The van der Waals surface area contributed by atoms with Gasteiger partial charge in [-0.2, -0.15) is 0 Å². The van der Waals surface area contributed by atoms with E-state index in [1.54, 1.807) is 31.4 Å². The normalized spacial score (nSPS) is 11.2. The molecule has 136 valence electrons. The van der Waals surface area contributed by atoms with E-state index in [4.69, 9.17) is 9.47 Å². The number of aryl methyl sites for hydroxylation is 1. The van der Waals surface area contributed by atoms with Crippen LogP contribution in [0.5, 0.6) is 5.75 Å². The zero-order chi connectivity index (χ0) is 18.3. The van der Waals surface area contributed by atoms with Crippen LogP contribution in [0.25, 0.3) is 0 Å². The Morgan fingerprint density at radius 2 is 1.68 bits per heavy atom. The summed E-state index contributed by atoms with van der Waals surface area (Å²) in [5.74, 6) is 0.314. The van der Waals surface area contributed by atoms with E-state index in [9.17, 15) is 8.42 Å². The lowest BCUT2D eigenvalue weighted by Crippen LogP contribution is -2.14. The van der Waals surface area contributed by atoms with Gasteiger partial charge in [0.1, 0.15) is 10.6 Å². The summed E-state index contributed by atoms with van der Waals surface area (Å²) in [6.45, 7) is 3.32. The first-order valence-corrected chi connectivity index (χ1v) is 9.45. The lowest BCUT2D eigenvalue weighted by Gasteiger charge is -2.13. The third-order valence-corrected chi connectivity index (χ3v) is 5.00. The minimum Gasteiger partial charge on any atom is -0.495 e. The molecule has 0 saturated heterocycles. The Balaban J connectivity index is 2.09. The van der Waals surface area contributed by atoms with Gasteiger partial charge in [0, 0.05) is 31.6 Å². The molecular weight excluding hydrogens is 340 g/mol. The first-order valence-electron chi connectivity index (χ1n) is 7.96. The molecule has 0 bridgehead atoms. The van der Waals surface area contributed by atoms with Crippen LogP contribution in [0.4, 0.5) is 11.4 Å². The number of methoxy groups -OCH3 is 2. The summed E-state index contributed by atoms with van der Waals surface area (Å²) in [5.41, 5.74) is 2.26. The Kier molecular flexibility index (Phi) is 6.66. The molecule has 25 heavy (non-hydrogen) atoms. The minimum absolute atomic E-state index is 0.122. The molecule has 0 atom stereocenters. The topological polar surface area (TPSA) is 76.7 Å². The standard InChI is InChI=1S/C18H24N2O4S/c1-14-5-10-17(24-3)18(13-14)25(21,22)20-16-8-6-15(7-9-16)19-11-4-12-23-2/h5-10,13,19-20H,4,11-12H2,1-3H3. The van der Waals surface area contributed by atoms with Crippen molar-refractivity contribution in [3.05, 3.63) is 48.0 Å². The number of sulfonamides is 1. The van der Waals surface area contributed by atoms with E-state index in [0.717, 1.165) is 24.2 Å². The number of hydrogen-bond acceptors (Lipinski definition) is 5. The molecule has 0 saturated carbocycles. The molecule has 7 heteroatoms. The van der Waals surface area contributed by atoms with Gasteiger partial charge in [0.05, 0.1) is 7.11 Å². The van der Waals surface area contributed by atoms with Gasteiger partial charge in [-0.15, -0.1) is 0 Å². The van der Waals surface area contributed by atoms with Gasteiger partial charge in [-0.3, -0.25) is 4.72 Å². The summed E-state index contributed by atoms with van der Waals surface area (Å²) in [6, 6.07) is 12.2. The van der Waals surface area contributed by atoms with Crippen LogP contribution in [0, 0.1) is 6.92 Å². The second kappa shape index (κ2) is 8.73. The van der Waals surface area contributed by atoms with Crippen LogP contribution in [0.2, 0.25) is 0 Å². The predicted molar refractivity (Wildman–Crippen MR) is 100.0 cm³/mol. The molecule has 2 N–H and O–H groups in total. The predicted octanol–water partition coefficient (Wildman–Crippen LogP) is 3.25. The molecule has 0 spiro atoms. The van der Waals surface area contributed by atoms with Gasteiger partial charge >= 0.3 is 0 Å². The second-order valence-corrected chi connectivity index (χ2v) is 7.26. The number of hydrogen-bond donors (Lipinski definition) is 2. The lowest BCUT2D eigenvalue weighted by atomic mass is 10.2. The van der Waals surface area contributed by atoms with Crippen LogP contribution in [0.15, 0.2) is 47.4 Å². The minimum atomic E-state index is -3.73. The maximum absolute atomic E-state index is 12.6. The third kappa shape index (κ3) is 5.37. The van der Waals surface area contributed by atoms with Crippen molar-refractivity contribution in [2.45, 2.75) is 18.2 Å². The van der Waals surface area contributed by atoms with Crippen molar-refractivity contribution in [2.75, 3.05) is 37.4 Å². The van der Waals surface area contributed by atoms with Gasteiger partial charge < -0.3 is 14.8 Å². The summed E-state index contributed by atoms with van der Waals surface area (Å²) in [5, 5.41) is 3.25. The molecule has 2 aromatic carbocycles. The number of nitrogens with one attached hydrogen (secondary N) is 2. The molecule has 0 fully saturated rings. The highest BCUT2D eigenvalue weighted by atomic mass is 32.2. The van der Waals surface area contributed by atoms with E-state index in [1.165, 1.54) is 7.11 Å². The summed E-state index contributed by atoms with van der Waals surface area (Å²) in [6.07, 6.45) is 0.901. The fourth-order valence-electron chi connectivity index (χ4n) is 2.31. The molecule has 2 aromatic rings. The molecule has 2 rings (SSSR count). The number of rotatable bonds is 9. The van der Waals surface area contributed by atoms with Crippen molar-refractivity contribution in [1.29, 1.82) is 0 Å². The van der Waals surface area contributed by atoms with Crippen molar-refractivity contribution in [3.8, 4) is 5.75 Å². The molecule has 0 radical (unpaired) electrons.